The summed E-state index contributed by atoms with van der Waals surface area (Å²) in [7, 11) is 0. The summed E-state index contributed by atoms with van der Waals surface area (Å²) in [6, 6.07) is 0. The quantitative estimate of drug-likeness (QED) is 0.859. The minimum Gasteiger partial charge on any atom is -0.444 e. The van der Waals surface area contributed by atoms with E-state index in [4.69, 9.17) is 4.74 Å². The molecule has 1 aliphatic heterocycles. The van der Waals surface area contributed by atoms with E-state index in [9.17, 15) is 9.90 Å². The molecule has 2 rings (SSSR count). The van der Waals surface area contributed by atoms with Gasteiger partial charge in [-0.3, -0.25) is 0 Å². The number of aliphatic hydroxyl groups excluding tert-OH is 1. The highest BCUT2D eigenvalue weighted by Gasteiger charge is 2.34. The lowest BCUT2D eigenvalue weighted by molar-refractivity contribution is 0.00406. The van der Waals surface area contributed by atoms with Crippen molar-refractivity contribution in [1.82, 2.24) is 9.88 Å². The van der Waals surface area contributed by atoms with E-state index in [1.807, 2.05) is 26.2 Å². The van der Waals surface area contributed by atoms with E-state index in [0.717, 1.165) is 5.01 Å². The molecule has 1 aromatic rings. The largest absolute Gasteiger partial charge is 0.444 e. The number of likely N-dealkylation sites (tertiary alicyclic amines) is 1. The Labute approximate surface area is 117 Å². The predicted octanol–water partition coefficient (Wildman–Crippen LogP) is 2.23. The van der Waals surface area contributed by atoms with E-state index in [2.05, 4.69) is 4.98 Å². The topological polar surface area (TPSA) is 62.7 Å². The molecule has 106 valence electrons. The van der Waals surface area contributed by atoms with Gasteiger partial charge in [-0.2, -0.15) is 0 Å². The number of amides is 1. The molecule has 5 nitrogen and oxygen atoms in total. The zero-order valence-corrected chi connectivity index (χ0v) is 12.3. The average Bonchev–Trinajstić information content (AvgIpc) is 2.80. The maximum atomic E-state index is 12.0. The van der Waals surface area contributed by atoms with Gasteiger partial charge in [-0.1, -0.05) is 0 Å². The maximum absolute atomic E-state index is 12.0. The number of aliphatic hydroxyl groups is 1. The Morgan fingerprint density at radius 3 is 2.89 bits per heavy atom. The maximum Gasteiger partial charge on any atom is 0.410 e. The van der Waals surface area contributed by atoms with E-state index in [-0.39, 0.29) is 12.0 Å². The van der Waals surface area contributed by atoms with Crippen LogP contribution in [0.25, 0.3) is 0 Å². The average molecular weight is 284 g/mol. The van der Waals surface area contributed by atoms with Crippen molar-refractivity contribution >= 4 is 17.4 Å². The molecule has 0 bridgehead atoms. The lowest BCUT2D eigenvalue weighted by atomic mass is 9.95. The smallest absolute Gasteiger partial charge is 0.410 e. The SMILES string of the molecule is CC(C)(C)OC(=O)N1CCC(O)C(c2nccs2)C1. The van der Waals surface area contributed by atoms with Gasteiger partial charge in [0.1, 0.15) is 5.60 Å². The first-order chi connectivity index (χ1) is 8.87. The highest BCUT2D eigenvalue weighted by Crippen LogP contribution is 2.29. The lowest BCUT2D eigenvalue weighted by Gasteiger charge is -2.36. The van der Waals surface area contributed by atoms with Crippen molar-refractivity contribution in [2.24, 2.45) is 0 Å². The normalized spacial score (nSPS) is 24.3. The highest BCUT2D eigenvalue weighted by atomic mass is 32.1. The summed E-state index contributed by atoms with van der Waals surface area (Å²) >= 11 is 1.51. The van der Waals surface area contributed by atoms with Crippen LogP contribution in [0.5, 0.6) is 0 Å². The Hall–Kier alpha value is -1.14. The van der Waals surface area contributed by atoms with Crippen LogP contribution in [0.3, 0.4) is 0 Å². The summed E-state index contributed by atoms with van der Waals surface area (Å²) in [6.45, 7) is 6.54. The molecule has 1 aliphatic rings. The van der Waals surface area contributed by atoms with Crippen molar-refractivity contribution in [2.45, 2.75) is 44.8 Å². The van der Waals surface area contributed by atoms with E-state index >= 15 is 0 Å². The Bertz CT molecular complexity index is 428. The van der Waals surface area contributed by atoms with Gasteiger partial charge in [0.15, 0.2) is 0 Å². The van der Waals surface area contributed by atoms with Crippen LogP contribution in [-0.2, 0) is 4.74 Å². The van der Waals surface area contributed by atoms with Crippen molar-refractivity contribution < 1.29 is 14.6 Å². The van der Waals surface area contributed by atoms with E-state index in [1.54, 1.807) is 11.1 Å². The molecule has 6 heteroatoms. The molecule has 0 spiro atoms. The van der Waals surface area contributed by atoms with Crippen LogP contribution in [0.1, 0.15) is 38.1 Å². The fourth-order valence-corrected chi connectivity index (χ4v) is 2.88. The van der Waals surface area contributed by atoms with Crippen LogP contribution in [0.4, 0.5) is 4.79 Å². The van der Waals surface area contributed by atoms with E-state index in [0.29, 0.717) is 19.5 Å². The first-order valence-electron chi connectivity index (χ1n) is 6.42. The summed E-state index contributed by atoms with van der Waals surface area (Å²) in [6.07, 6.45) is 1.52. The van der Waals surface area contributed by atoms with Crippen LogP contribution in [0, 0.1) is 0 Å². The number of piperidine rings is 1. The van der Waals surface area contributed by atoms with Crippen LogP contribution >= 0.6 is 11.3 Å². The molecular formula is C13H20N2O3S. The van der Waals surface area contributed by atoms with Gasteiger partial charge in [-0.15, -0.1) is 11.3 Å². The first kappa shape index (κ1) is 14.3. The number of nitrogens with zero attached hydrogens (tertiary/aromatic N) is 2. The summed E-state index contributed by atoms with van der Waals surface area (Å²) < 4.78 is 5.37. The van der Waals surface area contributed by atoms with Crippen LogP contribution in [0.15, 0.2) is 11.6 Å². The third kappa shape index (κ3) is 3.67. The van der Waals surface area contributed by atoms with Gasteiger partial charge in [-0.05, 0) is 27.2 Å². The van der Waals surface area contributed by atoms with Gasteiger partial charge in [0.05, 0.1) is 17.0 Å². The molecule has 0 aliphatic carbocycles. The number of hydrogen-bond acceptors (Lipinski definition) is 5. The lowest BCUT2D eigenvalue weighted by Crippen LogP contribution is -2.46. The van der Waals surface area contributed by atoms with Crippen molar-refractivity contribution in [1.29, 1.82) is 0 Å². The Morgan fingerprint density at radius 1 is 1.58 bits per heavy atom. The fraction of sp³-hybridized carbons (Fsp3) is 0.692. The second-order valence-electron chi connectivity index (χ2n) is 5.76. The van der Waals surface area contributed by atoms with Crippen LogP contribution in [0.2, 0.25) is 0 Å². The van der Waals surface area contributed by atoms with Gasteiger partial charge >= 0.3 is 6.09 Å². The zero-order valence-electron chi connectivity index (χ0n) is 11.5. The van der Waals surface area contributed by atoms with Crippen molar-refractivity contribution in [2.75, 3.05) is 13.1 Å². The van der Waals surface area contributed by atoms with E-state index in [1.165, 1.54) is 11.3 Å². The van der Waals surface area contributed by atoms with Crippen molar-refractivity contribution in [3.8, 4) is 0 Å². The molecule has 0 saturated carbocycles. The molecular weight excluding hydrogens is 264 g/mol. The van der Waals surface area contributed by atoms with Gasteiger partial charge in [-0.25, -0.2) is 9.78 Å². The minimum absolute atomic E-state index is 0.110. The standard InChI is InChI=1S/C13H20N2O3S/c1-13(2,3)18-12(17)15-6-4-10(16)9(8-15)11-14-5-7-19-11/h5,7,9-10,16H,4,6,8H2,1-3H3. The molecule has 1 N–H and O–H groups in total. The molecule has 2 unspecified atom stereocenters. The summed E-state index contributed by atoms with van der Waals surface area (Å²) in [5, 5.41) is 12.8. The molecule has 1 saturated heterocycles. The second kappa shape index (κ2) is 5.46. The molecule has 19 heavy (non-hydrogen) atoms. The Balaban J connectivity index is 2.03. The van der Waals surface area contributed by atoms with Crippen LogP contribution < -0.4 is 0 Å². The zero-order chi connectivity index (χ0) is 14.0. The van der Waals surface area contributed by atoms with Crippen LogP contribution in [-0.4, -0.2) is 45.9 Å². The third-order valence-corrected chi connectivity index (χ3v) is 3.90. The molecule has 0 aromatic carbocycles. The van der Waals surface area contributed by atoms with Crippen molar-refractivity contribution in [3.63, 3.8) is 0 Å². The first-order valence-corrected chi connectivity index (χ1v) is 7.30. The number of thiazole rings is 1. The number of hydrogen-bond donors (Lipinski definition) is 1. The number of carbonyl (C=O) groups is 1. The predicted molar refractivity (Wildman–Crippen MR) is 73.3 cm³/mol. The van der Waals surface area contributed by atoms with Gasteiger partial charge in [0.2, 0.25) is 0 Å². The highest BCUT2D eigenvalue weighted by molar-refractivity contribution is 7.09. The molecule has 1 amide bonds. The molecule has 2 atom stereocenters. The number of carbonyl (C=O) groups excluding carboxylic acids is 1. The molecule has 2 heterocycles. The van der Waals surface area contributed by atoms with Gasteiger partial charge < -0.3 is 14.7 Å². The number of ether oxygens (including phenoxy) is 1. The molecule has 1 fully saturated rings. The van der Waals surface area contributed by atoms with Gasteiger partial charge in [0, 0.05) is 24.7 Å². The Morgan fingerprint density at radius 2 is 2.32 bits per heavy atom. The minimum atomic E-state index is -0.496. The number of rotatable bonds is 1. The summed E-state index contributed by atoms with van der Waals surface area (Å²) in [5.41, 5.74) is -0.496. The molecule has 1 aromatic heterocycles. The van der Waals surface area contributed by atoms with E-state index < -0.39 is 11.7 Å². The monoisotopic (exact) mass is 284 g/mol. The number of aromatic nitrogens is 1. The van der Waals surface area contributed by atoms with Gasteiger partial charge in [0.25, 0.3) is 0 Å². The Kier molecular flexibility index (Phi) is 4.10. The summed E-state index contributed by atoms with van der Waals surface area (Å²) in [4.78, 5) is 17.9. The fourth-order valence-electron chi connectivity index (χ4n) is 2.09. The molecule has 0 radical (unpaired) electrons. The third-order valence-electron chi connectivity index (χ3n) is 3.00. The second-order valence-corrected chi connectivity index (χ2v) is 6.69. The van der Waals surface area contributed by atoms with Crippen molar-refractivity contribution in [3.05, 3.63) is 16.6 Å². The summed E-state index contributed by atoms with van der Waals surface area (Å²) in [5.74, 6) is -0.110.